The van der Waals surface area contributed by atoms with Crippen LogP contribution in [-0.4, -0.2) is 50.8 Å². The minimum Gasteiger partial charge on any atom is -0.490 e. The van der Waals surface area contributed by atoms with E-state index in [2.05, 4.69) is 20.9 Å². The van der Waals surface area contributed by atoms with Gasteiger partial charge in [0.1, 0.15) is 24.2 Å². The number of aromatic nitrogens is 3. The van der Waals surface area contributed by atoms with E-state index in [1.807, 2.05) is 6.92 Å². The third-order valence-corrected chi connectivity index (χ3v) is 5.61. The average Bonchev–Trinajstić information content (AvgIpc) is 3.37. The lowest BCUT2D eigenvalue weighted by molar-refractivity contribution is -0.112. The highest BCUT2D eigenvalue weighted by Crippen LogP contribution is 2.18. The van der Waals surface area contributed by atoms with Gasteiger partial charge in [-0.3, -0.25) is 9.48 Å². The summed E-state index contributed by atoms with van der Waals surface area (Å²) in [5.41, 5.74) is 13.6. The summed E-state index contributed by atoms with van der Waals surface area (Å²) in [5.74, 6) is -0.412. The van der Waals surface area contributed by atoms with Gasteiger partial charge in [-0.05, 0) is 36.2 Å². The molecule has 0 aliphatic carbocycles. The maximum atomic E-state index is 12.5. The summed E-state index contributed by atoms with van der Waals surface area (Å²) in [6.45, 7) is 2.01. The number of aliphatic hydroxyl groups is 1. The number of nitrogens with one attached hydrogen (secondary N) is 3. The summed E-state index contributed by atoms with van der Waals surface area (Å²) in [7, 11) is 0. The molecule has 3 rings (SSSR count). The number of nitrogen functional groups attached to an aromatic ring is 2. The fraction of sp³-hybridized carbons (Fsp3) is 0.320. The van der Waals surface area contributed by atoms with E-state index in [1.54, 1.807) is 54.7 Å². The fourth-order valence-electron chi connectivity index (χ4n) is 3.43. The molecule has 8 N–H and O–H groups in total. The second kappa shape index (κ2) is 13.0. The number of aliphatic hydroxyl groups excluding tert-OH is 1. The van der Waals surface area contributed by atoms with Crippen molar-refractivity contribution in [3.05, 3.63) is 66.0 Å². The molecule has 0 fully saturated rings. The molecule has 12 nitrogen and oxygen atoms in total. The number of ether oxygens (including phenoxy) is 1. The Morgan fingerprint density at radius 1 is 1.14 bits per heavy atom. The Bertz CT molecular complexity index is 1210. The lowest BCUT2D eigenvalue weighted by Gasteiger charge is -2.15. The van der Waals surface area contributed by atoms with Crippen molar-refractivity contribution in [1.29, 1.82) is 5.41 Å². The van der Waals surface area contributed by atoms with Gasteiger partial charge in [0, 0.05) is 29.9 Å². The normalized spacial score (nSPS) is 12.4. The summed E-state index contributed by atoms with van der Waals surface area (Å²) in [5, 5.41) is 31.8. The van der Waals surface area contributed by atoms with Crippen LogP contribution in [0.1, 0.15) is 30.7 Å². The van der Waals surface area contributed by atoms with Crippen LogP contribution in [0.25, 0.3) is 0 Å². The smallest absolute Gasteiger partial charge is 0.315 e. The summed E-state index contributed by atoms with van der Waals surface area (Å²) in [4.78, 5) is 24.6. The van der Waals surface area contributed by atoms with Gasteiger partial charge in [0.2, 0.25) is 0 Å². The predicted molar refractivity (Wildman–Crippen MR) is 139 cm³/mol. The van der Waals surface area contributed by atoms with Crippen molar-refractivity contribution in [2.24, 2.45) is 5.92 Å². The van der Waals surface area contributed by atoms with E-state index >= 15 is 0 Å². The number of hydrogen-bond acceptors (Lipinski definition) is 9. The van der Waals surface area contributed by atoms with Crippen LogP contribution in [0.15, 0.2) is 54.7 Å². The zero-order chi connectivity index (χ0) is 26.8. The molecule has 2 amide bonds. The van der Waals surface area contributed by atoms with Crippen LogP contribution >= 0.6 is 0 Å². The average molecular weight is 509 g/mol. The summed E-state index contributed by atoms with van der Waals surface area (Å²) in [6.07, 6.45) is 1.04. The molecule has 37 heavy (non-hydrogen) atoms. The summed E-state index contributed by atoms with van der Waals surface area (Å²) in [6, 6.07) is 13.4. The number of Topliss-reactive ketones (excluding diaryl/α,β-unsaturated/α-hetero) is 1. The Morgan fingerprint density at radius 3 is 2.59 bits per heavy atom. The van der Waals surface area contributed by atoms with Crippen molar-refractivity contribution >= 4 is 28.9 Å². The maximum absolute atomic E-state index is 12.5. The Hall–Kier alpha value is -4.45. The van der Waals surface area contributed by atoms with Gasteiger partial charge in [0.05, 0.1) is 25.0 Å². The molecule has 0 aliphatic heterocycles. The monoisotopic (exact) mass is 508 g/mol. The predicted octanol–water partition coefficient (Wildman–Crippen LogP) is 1.67. The van der Waals surface area contributed by atoms with Gasteiger partial charge < -0.3 is 37.4 Å². The number of hydrogen-bond donors (Lipinski definition) is 6. The van der Waals surface area contributed by atoms with Crippen molar-refractivity contribution in [3.8, 4) is 5.75 Å². The zero-order valence-electron chi connectivity index (χ0n) is 20.6. The third-order valence-electron chi connectivity index (χ3n) is 5.61. The number of amides is 2. The standard InChI is InChI=1S/C25H32N8O4/c1-2-17(24(28)22(34)12-30-25(36)29-11-16-6-8-18(26)9-7-16)13-33-14-21(31-32-33)23(35)15-37-20-5-3-4-19(27)10-20/h3-10,14,17,23,28,35H,2,11-13,15,26-27H2,1H3,(H2,29,30,36)/t17-,23?/m1/s1. The van der Waals surface area contributed by atoms with E-state index in [0.29, 0.717) is 29.2 Å². The van der Waals surface area contributed by atoms with Gasteiger partial charge in [0.25, 0.3) is 0 Å². The van der Waals surface area contributed by atoms with Crippen LogP contribution < -0.4 is 26.8 Å². The quantitative estimate of drug-likeness (QED) is 0.148. The first-order chi connectivity index (χ1) is 17.7. The van der Waals surface area contributed by atoms with E-state index < -0.39 is 23.8 Å². The van der Waals surface area contributed by atoms with E-state index in [-0.39, 0.29) is 32.0 Å². The lowest BCUT2D eigenvalue weighted by Crippen LogP contribution is -2.41. The highest BCUT2D eigenvalue weighted by Gasteiger charge is 2.22. The second-order valence-electron chi connectivity index (χ2n) is 8.48. The summed E-state index contributed by atoms with van der Waals surface area (Å²) >= 11 is 0. The Labute approximate surface area is 214 Å². The van der Waals surface area contributed by atoms with Crippen molar-refractivity contribution in [3.63, 3.8) is 0 Å². The molecule has 0 spiro atoms. The van der Waals surface area contributed by atoms with Crippen LogP contribution in [0.3, 0.4) is 0 Å². The maximum Gasteiger partial charge on any atom is 0.315 e. The lowest BCUT2D eigenvalue weighted by atomic mass is 9.97. The number of benzene rings is 2. The van der Waals surface area contributed by atoms with Gasteiger partial charge in [-0.1, -0.05) is 30.3 Å². The first kappa shape index (κ1) is 27.1. The SMILES string of the molecule is CC[C@H](Cn1cc(C(O)COc2cccc(N)c2)nn1)C(=N)C(=O)CNC(=O)NCc1ccc(N)cc1. The van der Waals surface area contributed by atoms with Gasteiger partial charge in [-0.15, -0.1) is 5.10 Å². The van der Waals surface area contributed by atoms with E-state index in [9.17, 15) is 14.7 Å². The fourth-order valence-corrected chi connectivity index (χ4v) is 3.43. The van der Waals surface area contributed by atoms with Gasteiger partial charge >= 0.3 is 6.03 Å². The molecular weight excluding hydrogens is 476 g/mol. The minimum atomic E-state index is -1.02. The Morgan fingerprint density at radius 2 is 1.89 bits per heavy atom. The number of carbonyl (C=O) groups is 2. The van der Waals surface area contributed by atoms with Gasteiger partial charge in [-0.25, -0.2) is 4.79 Å². The van der Waals surface area contributed by atoms with Gasteiger partial charge in [-0.2, -0.15) is 0 Å². The molecule has 0 radical (unpaired) electrons. The molecule has 2 aromatic carbocycles. The highest BCUT2D eigenvalue weighted by molar-refractivity contribution is 6.40. The number of rotatable bonds is 13. The largest absolute Gasteiger partial charge is 0.490 e. The first-order valence-electron chi connectivity index (χ1n) is 11.8. The van der Waals surface area contributed by atoms with E-state index in [1.165, 1.54) is 4.68 Å². The molecule has 0 aliphatic rings. The molecule has 1 heterocycles. The number of nitrogens with two attached hydrogens (primary N) is 2. The van der Waals surface area contributed by atoms with Crippen molar-refractivity contribution in [2.75, 3.05) is 24.6 Å². The van der Waals surface area contributed by atoms with E-state index in [0.717, 1.165) is 5.56 Å². The molecule has 0 saturated heterocycles. The molecule has 2 atom stereocenters. The molecule has 1 unspecified atom stereocenters. The van der Waals surface area contributed by atoms with Crippen LogP contribution in [-0.2, 0) is 17.9 Å². The van der Waals surface area contributed by atoms with Crippen LogP contribution in [0.4, 0.5) is 16.2 Å². The molecule has 0 bridgehead atoms. The second-order valence-corrected chi connectivity index (χ2v) is 8.48. The molecule has 1 aromatic heterocycles. The third kappa shape index (κ3) is 8.32. The number of carbonyl (C=O) groups excluding carboxylic acids is 2. The van der Waals surface area contributed by atoms with Crippen molar-refractivity contribution < 1.29 is 19.4 Å². The summed E-state index contributed by atoms with van der Waals surface area (Å²) < 4.78 is 7.02. The first-order valence-corrected chi connectivity index (χ1v) is 11.8. The topological polar surface area (TPSA) is 194 Å². The molecule has 12 heteroatoms. The van der Waals surface area contributed by atoms with Crippen molar-refractivity contribution in [2.45, 2.75) is 32.5 Å². The Kier molecular flexibility index (Phi) is 9.55. The minimum absolute atomic E-state index is 0.0419. The van der Waals surface area contributed by atoms with Crippen LogP contribution in [0.2, 0.25) is 0 Å². The molecule has 3 aromatic rings. The van der Waals surface area contributed by atoms with Crippen molar-refractivity contribution in [1.82, 2.24) is 25.6 Å². The van der Waals surface area contributed by atoms with Crippen LogP contribution in [0.5, 0.6) is 5.75 Å². The highest BCUT2D eigenvalue weighted by atomic mass is 16.5. The van der Waals surface area contributed by atoms with E-state index in [4.69, 9.17) is 21.6 Å². The van der Waals surface area contributed by atoms with Gasteiger partial charge in [0.15, 0.2) is 5.78 Å². The molecule has 0 saturated carbocycles. The number of ketones is 1. The number of urea groups is 1. The molecular formula is C25H32N8O4. The van der Waals surface area contributed by atoms with Crippen LogP contribution in [0, 0.1) is 11.3 Å². The Balaban J connectivity index is 1.45. The molecule has 196 valence electrons. The zero-order valence-corrected chi connectivity index (χ0v) is 20.6. The number of anilines is 2. The number of nitrogens with zero attached hydrogens (tertiary/aromatic N) is 3.